The molecule has 3 rings (SSSR count). The first-order chi connectivity index (χ1) is 11.8. The van der Waals surface area contributed by atoms with E-state index < -0.39 is 0 Å². The second kappa shape index (κ2) is 7.95. The normalized spacial score (nSPS) is 10.9. The molecule has 0 bridgehead atoms. The number of aromatic hydroxyl groups is 1. The predicted molar refractivity (Wildman–Crippen MR) is 96.2 cm³/mol. The fourth-order valence-electron chi connectivity index (χ4n) is 2.69. The highest BCUT2D eigenvalue weighted by atomic mass is 32.1. The van der Waals surface area contributed by atoms with Crippen LogP contribution in [0.3, 0.4) is 0 Å². The summed E-state index contributed by atoms with van der Waals surface area (Å²) < 4.78 is 5.42. The Morgan fingerprint density at radius 1 is 1.08 bits per heavy atom. The van der Waals surface area contributed by atoms with Crippen LogP contribution in [0.15, 0.2) is 59.6 Å². The number of pyridine rings is 1. The molecule has 4 nitrogen and oxygen atoms in total. The van der Waals surface area contributed by atoms with Gasteiger partial charge in [0.05, 0.1) is 7.11 Å². The molecular formula is C19H20N2O2S. The Morgan fingerprint density at radius 2 is 1.96 bits per heavy atom. The molecule has 0 unspecified atom stereocenters. The molecule has 24 heavy (non-hydrogen) atoms. The van der Waals surface area contributed by atoms with Gasteiger partial charge in [0, 0.05) is 37.6 Å². The highest BCUT2D eigenvalue weighted by Gasteiger charge is 2.15. The summed E-state index contributed by atoms with van der Waals surface area (Å²) in [6.45, 7) is 2.15. The van der Waals surface area contributed by atoms with Crippen LogP contribution in [0.4, 0.5) is 0 Å². The summed E-state index contributed by atoms with van der Waals surface area (Å²) >= 11 is 1.69. The molecule has 0 aliphatic heterocycles. The van der Waals surface area contributed by atoms with Gasteiger partial charge in [0.1, 0.15) is 11.5 Å². The number of nitrogens with zero attached hydrogens (tertiary/aromatic N) is 2. The van der Waals surface area contributed by atoms with E-state index in [0.29, 0.717) is 12.3 Å². The first-order valence-corrected chi connectivity index (χ1v) is 8.67. The first-order valence-electron chi connectivity index (χ1n) is 7.73. The minimum Gasteiger partial charge on any atom is -0.507 e. The number of benzene rings is 1. The zero-order valence-corrected chi connectivity index (χ0v) is 14.4. The summed E-state index contributed by atoms with van der Waals surface area (Å²) in [4.78, 5) is 6.47. The Hall–Kier alpha value is -2.37. The summed E-state index contributed by atoms with van der Waals surface area (Å²) in [5, 5.41) is 14.5. The maximum atomic E-state index is 10.2. The van der Waals surface area contributed by atoms with Gasteiger partial charge in [-0.15, -0.1) is 0 Å². The van der Waals surface area contributed by atoms with Gasteiger partial charge in [-0.2, -0.15) is 11.3 Å². The fraction of sp³-hybridized carbons (Fsp3) is 0.211. The summed E-state index contributed by atoms with van der Waals surface area (Å²) in [6.07, 6.45) is 3.65. The average molecular weight is 340 g/mol. The second-order valence-corrected chi connectivity index (χ2v) is 6.38. The molecule has 0 aliphatic rings. The maximum absolute atomic E-state index is 10.2. The zero-order valence-electron chi connectivity index (χ0n) is 13.6. The molecule has 2 heterocycles. The lowest BCUT2D eigenvalue weighted by atomic mass is 10.1. The summed E-state index contributed by atoms with van der Waals surface area (Å²) in [6, 6.07) is 11.5. The third kappa shape index (κ3) is 4.13. The number of ether oxygens (including phenoxy) is 1. The lowest BCUT2D eigenvalue weighted by molar-refractivity contribution is 0.240. The minimum atomic E-state index is 0.260. The van der Waals surface area contributed by atoms with Crippen molar-refractivity contribution in [3.8, 4) is 11.5 Å². The Bertz CT molecular complexity index is 760. The quantitative estimate of drug-likeness (QED) is 0.704. The zero-order chi connectivity index (χ0) is 16.8. The van der Waals surface area contributed by atoms with Crippen LogP contribution in [-0.4, -0.2) is 22.1 Å². The largest absolute Gasteiger partial charge is 0.507 e. The van der Waals surface area contributed by atoms with Crippen molar-refractivity contribution in [1.29, 1.82) is 0 Å². The van der Waals surface area contributed by atoms with Crippen LogP contribution in [0.2, 0.25) is 0 Å². The van der Waals surface area contributed by atoms with E-state index in [1.54, 1.807) is 36.8 Å². The van der Waals surface area contributed by atoms with Gasteiger partial charge in [0.15, 0.2) is 0 Å². The molecule has 0 fully saturated rings. The smallest absolute Gasteiger partial charge is 0.127 e. The van der Waals surface area contributed by atoms with Crippen molar-refractivity contribution in [3.63, 3.8) is 0 Å². The Labute approximate surface area is 146 Å². The Balaban J connectivity index is 1.84. The third-order valence-electron chi connectivity index (χ3n) is 3.83. The van der Waals surface area contributed by atoms with Crippen LogP contribution in [0.25, 0.3) is 0 Å². The van der Waals surface area contributed by atoms with Crippen LogP contribution < -0.4 is 4.74 Å². The molecule has 0 saturated carbocycles. The summed E-state index contributed by atoms with van der Waals surface area (Å²) in [5.74, 6) is 0.965. The summed E-state index contributed by atoms with van der Waals surface area (Å²) in [5.41, 5.74) is 3.21. The van der Waals surface area contributed by atoms with Gasteiger partial charge in [-0.3, -0.25) is 9.88 Å². The van der Waals surface area contributed by atoms with Gasteiger partial charge >= 0.3 is 0 Å². The molecule has 2 aromatic heterocycles. The highest BCUT2D eigenvalue weighted by Crippen LogP contribution is 2.29. The van der Waals surface area contributed by atoms with Crippen molar-refractivity contribution >= 4 is 11.3 Å². The van der Waals surface area contributed by atoms with Gasteiger partial charge in [-0.1, -0.05) is 12.1 Å². The molecule has 0 aliphatic carbocycles. The summed E-state index contributed by atoms with van der Waals surface area (Å²) in [7, 11) is 1.63. The van der Waals surface area contributed by atoms with E-state index in [4.69, 9.17) is 4.74 Å². The monoisotopic (exact) mass is 340 g/mol. The van der Waals surface area contributed by atoms with Gasteiger partial charge in [-0.25, -0.2) is 0 Å². The molecule has 3 aromatic rings. The molecule has 1 N–H and O–H groups in total. The minimum absolute atomic E-state index is 0.260. The molecule has 0 radical (unpaired) electrons. The molecular weight excluding hydrogens is 320 g/mol. The number of rotatable bonds is 7. The van der Waals surface area contributed by atoms with Crippen molar-refractivity contribution in [1.82, 2.24) is 9.88 Å². The molecule has 5 heteroatoms. The van der Waals surface area contributed by atoms with Gasteiger partial charge in [0.2, 0.25) is 0 Å². The van der Waals surface area contributed by atoms with Gasteiger partial charge in [-0.05, 0) is 46.2 Å². The van der Waals surface area contributed by atoms with E-state index in [1.807, 2.05) is 18.3 Å². The maximum Gasteiger partial charge on any atom is 0.127 e. The van der Waals surface area contributed by atoms with E-state index in [2.05, 4.69) is 32.8 Å². The lowest BCUT2D eigenvalue weighted by Crippen LogP contribution is -2.22. The molecule has 0 amide bonds. The number of methoxy groups -OCH3 is 1. The number of hydrogen-bond donors (Lipinski definition) is 1. The Morgan fingerprint density at radius 3 is 2.67 bits per heavy atom. The van der Waals surface area contributed by atoms with Gasteiger partial charge in [0.25, 0.3) is 0 Å². The van der Waals surface area contributed by atoms with E-state index in [0.717, 1.165) is 24.2 Å². The average Bonchev–Trinajstić information content (AvgIpc) is 3.10. The predicted octanol–water partition coefficient (Wildman–Crippen LogP) is 4.06. The van der Waals surface area contributed by atoms with Crippen molar-refractivity contribution in [3.05, 3.63) is 76.2 Å². The fourth-order valence-corrected chi connectivity index (χ4v) is 3.35. The van der Waals surface area contributed by atoms with Crippen molar-refractivity contribution in [2.24, 2.45) is 0 Å². The SMILES string of the molecule is COc1cccc(O)c1CN(Cc1cccnc1)Cc1ccsc1. The number of phenols is 1. The van der Waals surface area contributed by atoms with Crippen LogP contribution >= 0.6 is 11.3 Å². The Kier molecular flexibility index (Phi) is 5.46. The highest BCUT2D eigenvalue weighted by molar-refractivity contribution is 7.07. The third-order valence-corrected chi connectivity index (χ3v) is 4.56. The molecule has 124 valence electrons. The molecule has 0 saturated heterocycles. The molecule has 0 spiro atoms. The number of thiophene rings is 1. The van der Waals surface area contributed by atoms with E-state index >= 15 is 0 Å². The topological polar surface area (TPSA) is 45.6 Å². The van der Waals surface area contributed by atoms with E-state index in [1.165, 1.54) is 5.56 Å². The number of phenolic OH excluding ortho intramolecular Hbond substituents is 1. The van der Waals surface area contributed by atoms with Crippen LogP contribution in [0.5, 0.6) is 11.5 Å². The van der Waals surface area contributed by atoms with Crippen LogP contribution in [0.1, 0.15) is 16.7 Å². The number of aromatic nitrogens is 1. The molecule has 0 atom stereocenters. The van der Waals surface area contributed by atoms with Gasteiger partial charge < -0.3 is 9.84 Å². The first kappa shape index (κ1) is 16.5. The van der Waals surface area contributed by atoms with Crippen molar-refractivity contribution < 1.29 is 9.84 Å². The standard InChI is InChI=1S/C19H20N2O2S/c1-23-19-6-2-5-18(22)17(19)13-21(12-16-7-9-24-14-16)11-15-4-3-8-20-10-15/h2-10,14,22H,11-13H2,1H3. The van der Waals surface area contributed by atoms with Crippen molar-refractivity contribution in [2.45, 2.75) is 19.6 Å². The van der Waals surface area contributed by atoms with E-state index in [-0.39, 0.29) is 5.75 Å². The molecule has 1 aromatic carbocycles. The number of hydrogen-bond acceptors (Lipinski definition) is 5. The lowest BCUT2D eigenvalue weighted by Gasteiger charge is -2.23. The van der Waals surface area contributed by atoms with E-state index in [9.17, 15) is 5.11 Å². The van der Waals surface area contributed by atoms with Crippen LogP contribution in [0, 0.1) is 0 Å². The second-order valence-electron chi connectivity index (χ2n) is 5.60. The van der Waals surface area contributed by atoms with Crippen LogP contribution in [-0.2, 0) is 19.6 Å². The van der Waals surface area contributed by atoms with Crippen molar-refractivity contribution in [2.75, 3.05) is 7.11 Å².